The molecule has 0 aliphatic carbocycles. The molecule has 1 atom stereocenters. The second-order valence-electron chi connectivity index (χ2n) is 9.03. The Balaban J connectivity index is 2.07. The summed E-state index contributed by atoms with van der Waals surface area (Å²) in [5.41, 5.74) is 1.05. The largest absolute Gasteiger partial charge is 0.494 e. The molecule has 3 aromatic rings. The Labute approximate surface area is 241 Å². The number of nitrogens with one attached hydrogen (secondary N) is 1. The summed E-state index contributed by atoms with van der Waals surface area (Å²) >= 11 is 0. The lowest BCUT2D eigenvalue weighted by atomic mass is 10.1. The molecule has 11 heteroatoms. The van der Waals surface area contributed by atoms with Crippen LogP contribution in [0.4, 0.5) is 5.69 Å². The van der Waals surface area contributed by atoms with Gasteiger partial charge in [-0.25, -0.2) is 8.42 Å². The van der Waals surface area contributed by atoms with Crippen molar-refractivity contribution in [3.63, 3.8) is 0 Å². The molecule has 0 spiro atoms. The molecule has 0 bridgehead atoms. The number of amides is 2. The number of nitrogens with zero attached hydrogens (tertiary/aromatic N) is 2. The molecule has 0 aromatic heterocycles. The lowest BCUT2D eigenvalue weighted by molar-refractivity contribution is -0.139. The molecule has 0 heterocycles. The third kappa shape index (κ3) is 7.69. The van der Waals surface area contributed by atoms with E-state index in [0.717, 1.165) is 9.87 Å². The topological polar surface area (TPSA) is 114 Å². The van der Waals surface area contributed by atoms with Gasteiger partial charge in [0.1, 0.15) is 18.3 Å². The Bertz CT molecular complexity index is 1410. The van der Waals surface area contributed by atoms with Crippen molar-refractivity contribution < 1.29 is 32.2 Å². The molecule has 3 aromatic carbocycles. The van der Waals surface area contributed by atoms with Crippen molar-refractivity contribution in [1.29, 1.82) is 0 Å². The number of ether oxygens (including phenoxy) is 3. The van der Waals surface area contributed by atoms with Crippen molar-refractivity contribution in [3.8, 4) is 17.2 Å². The van der Waals surface area contributed by atoms with E-state index in [1.165, 1.54) is 37.3 Å². The van der Waals surface area contributed by atoms with Gasteiger partial charge in [-0.2, -0.15) is 0 Å². The zero-order valence-corrected chi connectivity index (χ0v) is 24.8. The maximum absolute atomic E-state index is 14.1. The first-order valence-electron chi connectivity index (χ1n) is 13.2. The van der Waals surface area contributed by atoms with Gasteiger partial charge in [-0.1, -0.05) is 30.3 Å². The van der Waals surface area contributed by atoms with Crippen molar-refractivity contribution in [2.75, 3.05) is 38.2 Å². The summed E-state index contributed by atoms with van der Waals surface area (Å²) in [6, 6.07) is 19.0. The normalized spacial score (nSPS) is 11.7. The predicted molar refractivity (Wildman–Crippen MR) is 157 cm³/mol. The summed E-state index contributed by atoms with van der Waals surface area (Å²) < 4.78 is 45.3. The third-order valence-corrected chi connectivity index (χ3v) is 8.14. The summed E-state index contributed by atoms with van der Waals surface area (Å²) in [6.45, 7) is 5.65. The second-order valence-corrected chi connectivity index (χ2v) is 10.9. The van der Waals surface area contributed by atoms with Gasteiger partial charge >= 0.3 is 0 Å². The molecule has 220 valence electrons. The van der Waals surface area contributed by atoms with E-state index in [9.17, 15) is 18.0 Å². The maximum atomic E-state index is 14.1. The average molecular weight is 584 g/mol. The van der Waals surface area contributed by atoms with Gasteiger partial charge in [-0.3, -0.25) is 13.9 Å². The first-order valence-corrected chi connectivity index (χ1v) is 14.7. The molecule has 0 saturated heterocycles. The fraction of sp³-hybridized carbons (Fsp3) is 0.333. The molecule has 3 rings (SSSR count). The van der Waals surface area contributed by atoms with E-state index in [0.29, 0.717) is 24.7 Å². The Hall–Kier alpha value is -4.25. The fourth-order valence-electron chi connectivity index (χ4n) is 4.19. The number of carbonyl (C=O) groups excluding carboxylic acids is 2. The van der Waals surface area contributed by atoms with Gasteiger partial charge in [0, 0.05) is 19.2 Å². The van der Waals surface area contributed by atoms with Crippen LogP contribution in [0.5, 0.6) is 17.2 Å². The minimum Gasteiger partial charge on any atom is -0.494 e. The number of benzene rings is 3. The van der Waals surface area contributed by atoms with E-state index in [-0.39, 0.29) is 28.8 Å². The average Bonchev–Trinajstić information content (AvgIpc) is 2.99. The van der Waals surface area contributed by atoms with Gasteiger partial charge in [0.2, 0.25) is 11.8 Å². The Morgan fingerprint density at radius 1 is 0.902 bits per heavy atom. The van der Waals surface area contributed by atoms with E-state index >= 15 is 0 Å². The molecular weight excluding hydrogens is 546 g/mol. The molecule has 0 radical (unpaired) electrons. The van der Waals surface area contributed by atoms with E-state index in [1.54, 1.807) is 38.1 Å². The number of sulfonamides is 1. The zero-order valence-electron chi connectivity index (χ0n) is 24.0. The third-order valence-electron chi connectivity index (χ3n) is 6.37. The highest BCUT2D eigenvalue weighted by molar-refractivity contribution is 7.92. The number of likely N-dealkylation sites (N-methyl/N-ethyl adjacent to an activating group) is 1. The van der Waals surface area contributed by atoms with Crippen LogP contribution in [0, 0.1) is 0 Å². The van der Waals surface area contributed by atoms with Crippen molar-refractivity contribution in [2.24, 2.45) is 0 Å². The maximum Gasteiger partial charge on any atom is 0.264 e. The second kappa shape index (κ2) is 14.4. The number of hydrogen-bond acceptors (Lipinski definition) is 7. The highest BCUT2D eigenvalue weighted by Crippen LogP contribution is 2.33. The van der Waals surface area contributed by atoms with Crippen LogP contribution in [0.3, 0.4) is 0 Å². The molecule has 0 saturated carbocycles. The van der Waals surface area contributed by atoms with Gasteiger partial charge in [0.25, 0.3) is 10.0 Å². The van der Waals surface area contributed by atoms with E-state index in [2.05, 4.69) is 5.32 Å². The van der Waals surface area contributed by atoms with Crippen molar-refractivity contribution >= 4 is 27.5 Å². The standard InChI is InChI=1S/C30H37N3O7S/c1-6-31-30(35)22(3)32(20-23-11-9-8-10-12-23)29(34)21-33(24-13-15-25(16-14-24)40-7-2)41(36,37)26-17-18-27(38-4)28(19-26)39-5/h8-19,22H,6-7,20-21H2,1-5H3,(H,31,35)/t22-/m1/s1. The monoisotopic (exact) mass is 583 g/mol. The van der Waals surface area contributed by atoms with E-state index < -0.39 is 28.5 Å². The first kappa shape index (κ1) is 31.3. The molecule has 0 fully saturated rings. The van der Waals surface area contributed by atoms with Crippen LogP contribution in [0.1, 0.15) is 26.3 Å². The molecule has 0 aliphatic heterocycles. The van der Waals surface area contributed by atoms with Crippen LogP contribution in [-0.4, -0.2) is 65.1 Å². The van der Waals surface area contributed by atoms with Gasteiger partial charge in [-0.05, 0) is 62.7 Å². The lowest BCUT2D eigenvalue weighted by Gasteiger charge is -2.32. The number of anilines is 1. The van der Waals surface area contributed by atoms with Crippen LogP contribution in [0.2, 0.25) is 0 Å². The lowest BCUT2D eigenvalue weighted by Crippen LogP contribution is -2.51. The molecule has 10 nitrogen and oxygen atoms in total. The Kier molecular flexibility index (Phi) is 11.0. The van der Waals surface area contributed by atoms with E-state index in [4.69, 9.17) is 14.2 Å². The molecular formula is C30H37N3O7S. The van der Waals surface area contributed by atoms with Crippen molar-refractivity contribution in [3.05, 3.63) is 78.4 Å². The summed E-state index contributed by atoms with van der Waals surface area (Å²) in [7, 11) is -1.42. The molecule has 2 amide bonds. The summed E-state index contributed by atoms with van der Waals surface area (Å²) in [5.74, 6) is 0.251. The molecule has 1 N–H and O–H groups in total. The first-order chi connectivity index (χ1) is 19.7. The predicted octanol–water partition coefficient (Wildman–Crippen LogP) is 3.85. The molecule has 0 unspecified atom stereocenters. The number of methoxy groups -OCH3 is 2. The number of rotatable bonds is 14. The summed E-state index contributed by atoms with van der Waals surface area (Å²) in [6.07, 6.45) is 0. The van der Waals surface area contributed by atoms with Gasteiger partial charge < -0.3 is 24.4 Å². The molecule has 0 aliphatic rings. The number of hydrogen-bond donors (Lipinski definition) is 1. The van der Waals surface area contributed by atoms with Crippen molar-refractivity contribution in [1.82, 2.24) is 10.2 Å². The zero-order chi connectivity index (χ0) is 30.0. The smallest absolute Gasteiger partial charge is 0.264 e. The van der Waals surface area contributed by atoms with Crippen molar-refractivity contribution in [2.45, 2.75) is 38.3 Å². The summed E-state index contributed by atoms with van der Waals surface area (Å²) in [4.78, 5) is 28.0. The minimum absolute atomic E-state index is 0.0942. The minimum atomic E-state index is -4.29. The van der Waals surface area contributed by atoms with Crippen LogP contribution < -0.4 is 23.8 Å². The van der Waals surface area contributed by atoms with Crippen LogP contribution in [0.15, 0.2) is 77.7 Å². The summed E-state index contributed by atoms with van der Waals surface area (Å²) in [5, 5.41) is 2.74. The van der Waals surface area contributed by atoms with Gasteiger partial charge in [0.05, 0.1) is 31.4 Å². The van der Waals surface area contributed by atoms with Crippen LogP contribution in [0.25, 0.3) is 0 Å². The van der Waals surface area contributed by atoms with Gasteiger partial charge in [0.15, 0.2) is 11.5 Å². The molecule has 41 heavy (non-hydrogen) atoms. The van der Waals surface area contributed by atoms with Crippen LogP contribution in [-0.2, 0) is 26.2 Å². The van der Waals surface area contributed by atoms with E-state index in [1.807, 2.05) is 37.3 Å². The van der Waals surface area contributed by atoms with Crippen LogP contribution >= 0.6 is 0 Å². The number of carbonyl (C=O) groups is 2. The SMILES string of the molecule is CCNC(=O)[C@@H](C)N(Cc1ccccc1)C(=O)CN(c1ccc(OCC)cc1)S(=O)(=O)c1ccc(OC)c(OC)c1. The highest BCUT2D eigenvalue weighted by Gasteiger charge is 2.33. The highest BCUT2D eigenvalue weighted by atomic mass is 32.2. The van der Waals surface area contributed by atoms with Gasteiger partial charge in [-0.15, -0.1) is 0 Å². The fourth-order valence-corrected chi connectivity index (χ4v) is 5.62. The Morgan fingerprint density at radius 3 is 2.15 bits per heavy atom. The quantitative estimate of drug-likeness (QED) is 0.307. The Morgan fingerprint density at radius 2 is 1.56 bits per heavy atom.